The summed E-state index contributed by atoms with van der Waals surface area (Å²) in [6.07, 6.45) is 6.26. The van der Waals surface area contributed by atoms with Crippen LogP contribution in [-0.2, 0) is 21.2 Å². The van der Waals surface area contributed by atoms with Crippen LogP contribution in [0.15, 0.2) is 27.6 Å². The van der Waals surface area contributed by atoms with Crippen molar-refractivity contribution in [3.05, 3.63) is 35.2 Å². The highest BCUT2D eigenvalue weighted by Gasteiger charge is 2.32. The lowest BCUT2D eigenvalue weighted by molar-refractivity contribution is -0.134. The highest BCUT2D eigenvalue weighted by molar-refractivity contribution is 7.92. The number of sulfonamides is 1. The van der Waals surface area contributed by atoms with Crippen molar-refractivity contribution in [2.45, 2.75) is 83.3 Å². The van der Waals surface area contributed by atoms with Gasteiger partial charge < -0.3 is 24.2 Å². The summed E-state index contributed by atoms with van der Waals surface area (Å²) in [7, 11) is -1.83. The summed E-state index contributed by atoms with van der Waals surface area (Å²) < 4.78 is 40.5. The molecular formula is C29H44N4O6S. The molecule has 1 aliphatic heterocycles. The fourth-order valence-electron chi connectivity index (χ4n) is 5.97. The first-order chi connectivity index (χ1) is 19.0. The molecule has 11 heteroatoms. The van der Waals surface area contributed by atoms with E-state index in [9.17, 15) is 18.3 Å². The molecule has 0 spiro atoms. The van der Waals surface area contributed by atoms with Crippen LogP contribution in [0.2, 0.25) is 0 Å². The Kier molecular flexibility index (Phi) is 9.79. The zero-order valence-electron chi connectivity index (χ0n) is 24.4. The summed E-state index contributed by atoms with van der Waals surface area (Å²) in [5.41, 5.74) is 1.18. The number of fused-ring (bicyclic) bond motifs is 1. The van der Waals surface area contributed by atoms with Gasteiger partial charge in [-0.05, 0) is 64.8 Å². The molecule has 0 saturated heterocycles. The molecule has 0 unspecified atom stereocenters. The third kappa shape index (κ3) is 7.16. The SMILES string of the molecule is Cc1noc(C)c1S(=O)(=O)Nc1ccc2c(c1)CC(=O)N([C@@H](C)CO)C[C@H](C)[C@@H](CN(C)CC1CCCCC1)O2. The Hall–Kier alpha value is -2.63. The van der Waals surface area contributed by atoms with E-state index < -0.39 is 10.0 Å². The van der Waals surface area contributed by atoms with Gasteiger partial charge in [-0.25, -0.2) is 8.42 Å². The van der Waals surface area contributed by atoms with Crippen LogP contribution in [0.3, 0.4) is 0 Å². The number of nitrogens with one attached hydrogen (secondary N) is 1. The standard InChI is InChI=1S/C29H44N4O6S/c1-19-15-33(20(2)18-34)28(35)14-24-13-25(31-40(36,37)29-21(3)30-39-22(29)4)11-12-26(24)38-27(19)17-32(5)16-23-9-7-6-8-10-23/h11-13,19-20,23,27,31,34H,6-10,14-18H2,1-5H3/t19-,20-,27+/m0/s1. The molecule has 0 bridgehead atoms. The summed E-state index contributed by atoms with van der Waals surface area (Å²) in [6.45, 7) is 9.07. The number of rotatable bonds is 9. The van der Waals surface area contributed by atoms with Crippen LogP contribution in [0.25, 0.3) is 0 Å². The second-order valence-electron chi connectivity index (χ2n) is 11.7. The fourth-order valence-corrected chi connectivity index (χ4v) is 7.35. The van der Waals surface area contributed by atoms with Crippen LogP contribution in [-0.4, -0.2) is 79.8 Å². The highest BCUT2D eigenvalue weighted by Crippen LogP contribution is 2.31. The molecule has 40 heavy (non-hydrogen) atoms. The molecule has 1 amide bonds. The van der Waals surface area contributed by atoms with Gasteiger partial charge in [-0.3, -0.25) is 9.52 Å². The van der Waals surface area contributed by atoms with Crippen LogP contribution in [0, 0.1) is 25.7 Å². The number of carbonyl (C=O) groups is 1. The van der Waals surface area contributed by atoms with E-state index in [-0.39, 0.29) is 53.3 Å². The van der Waals surface area contributed by atoms with Crippen molar-refractivity contribution in [1.82, 2.24) is 15.0 Å². The van der Waals surface area contributed by atoms with Gasteiger partial charge in [0, 0.05) is 36.8 Å². The zero-order chi connectivity index (χ0) is 29.0. The second kappa shape index (κ2) is 12.9. The van der Waals surface area contributed by atoms with Gasteiger partial charge in [0.05, 0.1) is 19.1 Å². The molecule has 0 radical (unpaired) electrons. The Morgan fingerprint density at radius 3 is 2.58 bits per heavy atom. The van der Waals surface area contributed by atoms with Gasteiger partial charge in [-0.2, -0.15) is 0 Å². The number of aryl methyl sites for hydroxylation is 2. The van der Waals surface area contributed by atoms with Crippen molar-refractivity contribution in [3.8, 4) is 5.75 Å². The van der Waals surface area contributed by atoms with Crippen molar-refractivity contribution in [1.29, 1.82) is 0 Å². The minimum atomic E-state index is -3.95. The maximum atomic E-state index is 13.5. The lowest BCUT2D eigenvalue weighted by Gasteiger charge is -2.35. The van der Waals surface area contributed by atoms with Gasteiger partial charge in [0.15, 0.2) is 10.7 Å². The van der Waals surface area contributed by atoms with E-state index in [0.717, 1.165) is 6.54 Å². The average Bonchev–Trinajstić information content (AvgIpc) is 3.27. The number of ether oxygens (including phenoxy) is 1. The molecule has 1 saturated carbocycles. The first kappa shape index (κ1) is 30.3. The summed E-state index contributed by atoms with van der Waals surface area (Å²) in [4.78, 5) is 17.5. The van der Waals surface area contributed by atoms with Gasteiger partial charge in [0.2, 0.25) is 5.91 Å². The Morgan fingerprint density at radius 1 is 1.20 bits per heavy atom. The summed E-state index contributed by atoms with van der Waals surface area (Å²) in [5, 5.41) is 13.7. The number of nitrogens with zero attached hydrogens (tertiary/aromatic N) is 3. The Labute approximate surface area is 238 Å². The van der Waals surface area contributed by atoms with Gasteiger partial charge in [0.1, 0.15) is 17.5 Å². The number of hydrogen-bond acceptors (Lipinski definition) is 8. The van der Waals surface area contributed by atoms with E-state index in [1.54, 1.807) is 36.9 Å². The molecule has 2 heterocycles. The number of aliphatic hydroxyl groups is 1. The predicted octanol–water partition coefficient (Wildman–Crippen LogP) is 3.75. The second-order valence-corrected chi connectivity index (χ2v) is 13.3. The van der Waals surface area contributed by atoms with Crippen molar-refractivity contribution >= 4 is 21.6 Å². The molecule has 10 nitrogen and oxygen atoms in total. The maximum absolute atomic E-state index is 13.5. The fraction of sp³-hybridized carbons (Fsp3) is 0.655. The number of benzene rings is 1. The Bertz CT molecular complexity index is 1250. The summed E-state index contributed by atoms with van der Waals surface area (Å²) >= 11 is 0. The van der Waals surface area contributed by atoms with Crippen molar-refractivity contribution in [2.24, 2.45) is 11.8 Å². The van der Waals surface area contributed by atoms with Crippen LogP contribution >= 0.6 is 0 Å². The highest BCUT2D eigenvalue weighted by atomic mass is 32.2. The molecule has 2 aromatic rings. The molecule has 1 aromatic heterocycles. The van der Waals surface area contributed by atoms with E-state index in [1.165, 1.54) is 32.1 Å². The minimum Gasteiger partial charge on any atom is -0.488 e. The van der Waals surface area contributed by atoms with Crippen LogP contribution in [0.5, 0.6) is 5.75 Å². The molecule has 1 aromatic carbocycles. The van der Waals surface area contributed by atoms with Gasteiger partial charge in [-0.15, -0.1) is 0 Å². The monoisotopic (exact) mass is 576 g/mol. The topological polar surface area (TPSA) is 125 Å². The third-order valence-electron chi connectivity index (χ3n) is 8.19. The van der Waals surface area contributed by atoms with Crippen LogP contribution in [0.1, 0.15) is 63.0 Å². The maximum Gasteiger partial charge on any atom is 0.267 e. The predicted molar refractivity (Wildman–Crippen MR) is 153 cm³/mol. The molecule has 2 N–H and O–H groups in total. The molecule has 1 fully saturated rings. The number of carbonyl (C=O) groups excluding carboxylic acids is 1. The number of amides is 1. The molecule has 222 valence electrons. The van der Waals surface area contributed by atoms with E-state index in [2.05, 4.69) is 28.8 Å². The van der Waals surface area contributed by atoms with Gasteiger partial charge >= 0.3 is 0 Å². The van der Waals surface area contributed by atoms with Crippen LogP contribution in [0.4, 0.5) is 5.69 Å². The van der Waals surface area contributed by atoms with E-state index in [4.69, 9.17) is 9.26 Å². The van der Waals surface area contributed by atoms with E-state index in [0.29, 0.717) is 36.0 Å². The lowest BCUT2D eigenvalue weighted by atomic mass is 9.89. The first-order valence-corrected chi connectivity index (χ1v) is 15.8. The Balaban J connectivity index is 1.61. The molecule has 3 atom stereocenters. The summed E-state index contributed by atoms with van der Waals surface area (Å²) in [5.74, 6) is 1.33. The van der Waals surface area contributed by atoms with Gasteiger partial charge in [-0.1, -0.05) is 31.3 Å². The molecule has 4 rings (SSSR count). The zero-order valence-corrected chi connectivity index (χ0v) is 25.2. The first-order valence-electron chi connectivity index (χ1n) is 14.3. The van der Waals surface area contributed by atoms with Crippen LogP contribution < -0.4 is 9.46 Å². The van der Waals surface area contributed by atoms with Gasteiger partial charge in [0.25, 0.3) is 10.0 Å². The number of likely N-dealkylation sites (N-methyl/N-ethyl adjacent to an activating group) is 1. The molecular weight excluding hydrogens is 532 g/mol. The Morgan fingerprint density at radius 2 is 1.93 bits per heavy atom. The lowest BCUT2D eigenvalue weighted by Crippen LogP contribution is -2.48. The number of anilines is 1. The minimum absolute atomic E-state index is 0.00112. The summed E-state index contributed by atoms with van der Waals surface area (Å²) in [6, 6.07) is 4.69. The van der Waals surface area contributed by atoms with Crippen molar-refractivity contribution < 1.29 is 27.6 Å². The number of hydrogen-bond donors (Lipinski definition) is 2. The van der Waals surface area contributed by atoms with E-state index in [1.807, 2.05) is 6.92 Å². The van der Waals surface area contributed by atoms with E-state index >= 15 is 0 Å². The average molecular weight is 577 g/mol. The third-order valence-corrected chi connectivity index (χ3v) is 9.82. The largest absolute Gasteiger partial charge is 0.488 e. The quantitative estimate of drug-likeness (QED) is 0.462. The van der Waals surface area contributed by atoms with Crippen molar-refractivity contribution in [3.63, 3.8) is 0 Å². The van der Waals surface area contributed by atoms with Crippen molar-refractivity contribution in [2.75, 3.05) is 38.0 Å². The number of aromatic nitrogens is 1. The number of aliphatic hydroxyl groups excluding tert-OH is 1. The molecule has 1 aliphatic carbocycles. The normalized spacial score (nSPS) is 21.8. The molecule has 2 aliphatic rings. The smallest absolute Gasteiger partial charge is 0.267 e.